The van der Waals surface area contributed by atoms with E-state index in [0.29, 0.717) is 12.2 Å². The zero-order chi connectivity index (χ0) is 14.0. The van der Waals surface area contributed by atoms with Crippen LogP contribution in [-0.4, -0.2) is 42.7 Å². The maximum atomic E-state index is 11.9. The number of nitrogens with one attached hydrogen (secondary N) is 1. The Morgan fingerprint density at radius 3 is 2.95 bits per heavy atom. The molecule has 7 heteroatoms. The molecule has 0 fully saturated rings. The standard InChI is InChI=1S/C12H17N5O2/c1-4-12(3,19)7-14-10(18)9-15-11-13-6-5-8(2)17(11)16-9/h5-6,19H,4,7H2,1-3H3,(H,14,18). The highest BCUT2D eigenvalue weighted by Gasteiger charge is 2.21. The summed E-state index contributed by atoms with van der Waals surface area (Å²) in [6, 6.07) is 1.78. The van der Waals surface area contributed by atoms with Gasteiger partial charge in [-0.2, -0.15) is 4.98 Å². The SMILES string of the molecule is CCC(C)(O)CNC(=O)c1nc2nccc(C)n2n1. The molecule has 102 valence electrons. The summed E-state index contributed by atoms with van der Waals surface area (Å²) in [5.74, 6) is 0.0136. The van der Waals surface area contributed by atoms with Crippen molar-refractivity contribution >= 4 is 11.7 Å². The third-order valence-electron chi connectivity index (χ3n) is 3.02. The van der Waals surface area contributed by atoms with E-state index in [0.717, 1.165) is 5.69 Å². The molecule has 19 heavy (non-hydrogen) atoms. The Bertz CT molecular complexity index is 605. The Labute approximate surface area is 110 Å². The first-order valence-electron chi connectivity index (χ1n) is 6.12. The second kappa shape index (κ2) is 4.93. The minimum absolute atomic E-state index is 0.0497. The van der Waals surface area contributed by atoms with Gasteiger partial charge in [0.05, 0.1) is 5.60 Å². The van der Waals surface area contributed by atoms with Gasteiger partial charge in [-0.1, -0.05) is 6.92 Å². The molecule has 2 rings (SSSR count). The molecule has 7 nitrogen and oxygen atoms in total. The van der Waals surface area contributed by atoms with Crippen molar-refractivity contribution in [3.8, 4) is 0 Å². The van der Waals surface area contributed by atoms with E-state index >= 15 is 0 Å². The Hall–Kier alpha value is -2.02. The van der Waals surface area contributed by atoms with Crippen LogP contribution in [0.1, 0.15) is 36.6 Å². The molecular weight excluding hydrogens is 246 g/mol. The summed E-state index contributed by atoms with van der Waals surface area (Å²) in [5.41, 5.74) is -0.0831. The predicted molar refractivity (Wildman–Crippen MR) is 68.8 cm³/mol. The maximum Gasteiger partial charge on any atom is 0.291 e. The Kier molecular flexibility index (Phi) is 3.48. The summed E-state index contributed by atoms with van der Waals surface area (Å²) in [4.78, 5) is 20.0. The molecule has 1 amide bonds. The van der Waals surface area contributed by atoms with Crippen LogP contribution in [0.2, 0.25) is 0 Å². The van der Waals surface area contributed by atoms with Gasteiger partial charge in [-0.15, -0.1) is 5.10 Å². The second-order valence-electron chi connectivity index (χ2n) is 4.77. The van der Waals surface area contributed by atoms with Crippen LogP contribution in [0, 0.1) is 6.92 Å². The van der Waals surface area contributed by atoms with E-state index in [9.17, 15) is 9.90 Å². The molecule has 1 unspecified atom stereocenters. The lowest BCUT2D eigenvalue weighted by Gasteiger charge is -2.20. The molecule has 0 aromatic carbocycles. The van der Waals surface area contributed by atoms with Crippen LogP contribution in [0.15, 0.2) is 12.3 Å². The normalized spacial score (nSPS) is 14.3. The van der Waals surface area contributed by atoms with Gasteiger partial charge in [-0.25, -0.2) is 9.50 Å². The average Bonchev–Trinajstić information content (AvgIpc) is 2.81. The number of aromatic nitrogens is 4. The van der Waals surface area contributed by atoms with E-state index < -0.39 is 11.5 Å². The van der Waals surface area contributed by atoms with E-state index in [2.05, 4.69) is 20.4 Å². The highest BCUT2D eigenvalue weighted by molar-refractivity contribution is 5.90. The van der Waals surface area contributed by atoms with E-state index in [4.69, 9.17) is 0 Å². The number of rotatable bonds is 4. The van der Waals surface area contributed by atoms with Gasteiger partial charge in [0.25, 0.3) is 11.7 Å². The molecule has 0 spiro atoms. The first-order valence-corrected chi connectivity index (χ1v) is 6.12. The number of hydrogen-bond donors (Lipinski definition) is 2. The number of carbonyl (C=O) groups excluding carboxylic acids is 1. The molecule has 0 saturated heterocycles. The minimum Gasteiger partial charge on any atom is -0.388 e. The first kappa shape index (κ1) is 13.4. The molecule has 2 heterocycles. The van der Waals surface area contributed by atoms with E-state index in [-0.39, 0.29) is 12.4 Å². The third kappa shape index (κ3) is 2.87. The molecule has 0 saturated carbocycles. The van der Waals surface area contributed by atoms with Gasteiger partial charge in [0, 0.05) is 18.4 Å². The Morgan fingerprint density at radius 2 is 2.32 bits per heavy atom. The van der Waals surface area contributed by atoms with Crippen molar-refractivity contribution in [3.05, 3.63) is 23.8 Å². The van der Waals surface area contributed by atoms with E-state index in [1.165, 1.54) is 4.52 Å². The van der Waals surface area contributed by atoms with Crippen LogP contribution in [0.4, 0.5) is 0 Å². The van der Waals surface area contributed by atoms with Gasteiger partial charge in [0.1, 0.15) is 0 Å². The highest BCUT2D eigenvalue weighted by Crippen LogP contribution is 2.07. The molecule has 0 radical (unpaired) electrons. The molecule has 0 aliphatic heterocycles. The summed E-state index contributed by atoms with van der Waals surface area (Å²) >= 11 is 0. The summed E-state index contributed by atoms with van der Waals surface area (Å²) < 4.78 is 1.51. The molecule has 0 aliphatic carbocycles. The number of aryl methyl sites for hydroxylation is 1. The molecule has 2 aromatic heterocycles. The summed E-state index contributed by atoms with van der Waals surface area (Å²) in [7, 11) is 0. The van der Waals surface area contributed by atoms with Gasteiger partial charge in [0.15, 0.2) is 0 Å². The van der Waals surface area contributed by atoms with Crippen molar-refractivity contribution in [2.75, 3.05) is 6.54 Å². The topological polar surface area (TPSA) is 92.4 Å². The minimum atomic E-state index is -0.928. The largest absolute Gasteiger partial charge is 0.388 e. The smallest absolute Gasteiger partial charge is 0.291 e. The number of fused-ring (bicyclic) bond motifs is 1. The maximum absolute atomic E-state index is 11.9. The van der Waals surface area contributed by atoms with Crippen molar-refractivity contribution in [2.24, 2.45) is 0 Å². The number of aliphatic hydroxyl groups is 1. The van der Waals surface area contributed by atoms with Crippen LogP contribution in [0.5, 0.6) is 0 Å². The van der Waals surface area contributed by atoms with Gasteiger partial charge in [0.2, 0.25) is 5.82 Å². The van der Waals surface area contributed by atoms with E-state index in [1.54, 1.807) is 19.2 Å². The third-order valence-corrected chi connectivity index (χ3v) is 3.02. The van der Waals surface area contributed by atoms with Gasteiger partial charge in [-0.05, 0) is 26.3 Å². The van der Waals surface area contributed by atoms with Crippen molar-refractivity contribution in [3.63, 3.8) is 0 Å². The summed E-state index contributed by atoms with van der Waals surface area (Å²) in [6.45, 7) is 5.52. The van der Waals surface area contributed by atoms with Gasteiger partial charge in [-0.3, -0.25) is 4.79 Å². The van der Waals surface area contributed by atoms with Crippen LogP contribution in [0.25, 0.3) is 5.78 Å². The monoisotopic (exact) mass is 263 g/mol. The van der Waals surface area contributed by atoms with Crippen LogP contribution in [-0.2, 0) is 0 Å². The zero-order valence-corrected chi connectivity index (χ0v) is 11.2. The molecule has 0 bridgehead atoms. The summed E-state index contributed by atoms with van der Waals surface area (Å²) in [6.07, 6.45) is 2.16. The van der Waals surface area contributed by atoms with E-state index in [1.807, 2.05) is 13.8 Å². The zero-order valence-electron chi connectivity index (χ0n) is 11.2. The predicted octanol–water partition coefficient (Wildman–Crippen LogP) is 0.324. The second-order valence-corrected chi connectivity index (χ2v) is 4.77. The molecule has 0 aliphatic rings. The molecule has 2 aromatic rings. The quantitative estimate of drug-likeness (QED) is 0.829. The van der Waals surface area contributed by atoms with Crippen molar-refractivity contribution in [2.45, 2.75) is 32.8 Å². The fourth-order valence-electron chi connectivity index (χ4n) is 1.48. The van der Waals surface area contributed by atoms with Crippen molar-refractivity contribution < 1.29 is 9.90 Å². The Balaban J connectivity index is 2.16. The number of amides is 1. The first-order chi connectivity index (χ1) is 8.93. The van der Waals surface area contributed by atoms with Crippen LogP contribution >= 0.6 is 0 Å². The van der Waals surface area contributed by atoms with Crippen molar-refractivity contribution in [1.29, 1.82) is 0 Å². The lowest BCUT2D eigenvalue weighted by Crippen LogP contribution is -2.40. The number of carbonyl (C=O) groups is 1. The lowest BCUT2D eigenvalue weighted by atomic mass is 10.0. The average molecular weight is 263 g/mol. The van der Waals surface area contributed by atoms with Gasteiger partial charge >= 0.3 is 0 Å². The van der Waals surface area contributed by atoms with Crippen molar-refractivity contribution in [1.82, 2.24) is 24.9 Å². The van der Waals surface area contributed by atoms with Crippen LogP contribution < -0.4 is 5.32 Å². The highest BCUT2D eigenvalue weighted by atomic mass is 16.3. The fourth-order valence-corrected chi connectivity index (χ4v) is 1.48. The molecular formula is C12H17N5O2. The number of hydrogen-bond acceptors (Lipinski definition) is 5. The van der Waals surface area contributed by atoms with Gasteiger partial charge < -0.3 is 10.4 Å². The molecule has 2 N–H and O–H groups in total. The fraction of sp³-hybridized carbons (Fsp3) is 0.500. The number of nitrogens with zero attached hydrogens (tertiary/aromatic N) is 4. The molecule has 1 atom stereocenters. The van der Waals surface area contributed by atoms with Crippen LogP contribution in [0.3, 0.4) is 0 Å². The lowest BCUT2D eigenvalue weighted by molar-refractivity contribution is 0.0515. The summed E-state index contributed by atoms with van der Waals surface area (Å²) in [5, 5.41) is 16.5. The Morgan fingerprint density at radius 1 is 1.58 bits per heavy atom.